The maximum absolute atomic E-state index is 4.48. The first-order chi connectivity index (χ1) is 6.27. The molecule has 0 unspecified atom stereocenters. The fraction of sp³-hybridized carbons (Fsp3) is 0.545. The zero-order valence-corrected chi connectivity index (χ0v) is 9.53. The van der Waals surface area contributed by atoms with Crippen molar-refractivity contribution in [2.45, 2.75) is 31.9 Å². The topological polar surface area (TPSA) is 44.4 Å². The Kier molecular flexibility index (Phi) is 3.96. The second-order valence-electron chi connectivity index (χ2n) is 3.84. The molecular weight excluding hydrogens is 194 g/mol. The van der Waals surface area contributed by atoms with Crippen LogP contribution in [0.2, 0.25) is 0 Å². The van der Waals surface area contributed by atoms with E-state index >= 15 is 0 Å². The van der Waals surface area contributed by atoms with Gasteiger partial charge in [-0.15, -0.1) is 0 Å². The molecule has 0 aliphatic carbocycles. The summed E-state index contributed by atoms with van der Waals surface area (Å²) in [5, 5.41) is 0. The van der Waals surface area contributed by atoms with Gasteiger partial charge in [0.1, 0.15) is 0 Å². The minimum atomic E-state index is 0. The average molecular weight is 211 g/mol. The second-order valence-corrected chi connectivity index (χ2v) is 4.94. The number of fused-ring (bicyclic) bond motifs is 1. The first-order valence-electron chi connectivity index (χ1n) is 4.83. The molecule has 1 aliphatic heterocycles. The molecule has 0 bridgehead atoms. The number of aromatic nitrogens is 1. The van der Waals surface area contributed by atoms with Crippen molar-refractivity contribution in [3.63, 3.8) is 0 Å². The first-order valence-corrected chi connectivity index (χ1v) is 5.98. The van der Waals surface area contributed by atoms with Gasteiger partial charge in [-0.1, -0.05) is 13.8 Å². The highest BCUT2D eigenvalue weighted by Crippen LogP contribution is 2.25. The predicted octanol–water partition coefficient (Wildman–Crippen LogP) is 2.17. The molecule has 0 fully saturated rings. The smallest absolute Gasteiger partial charge is 0.0431 e. The van der Waals surface area contributed by atoms with Gasteiger partial charge in [-0.25, -0.2) is 0 Å². The Balaban J connectivity index is 0.000000980. The molecule has 0 saturated carbocycles. The summed E-state index contributed by atoms with van der Waals surface area (Å²) in [5.41, 5.74) is 4.21. The van der Waals surface area contributed by atoms with Gasteiger partial charge >= 0.3 is 0 Å². The summed E-state index contributed by atoms with van der Waals surface area (Å²) in [4.78, 5) is 4.48. The van der Waals surface area contributed by atoms with E-state index < -0.39 is 0 Å². The van der Waals surface area contributed by atoms with Gasteiger partial charge in [0.15, 0.2) is 0 Å². The maximum atomic E-state index is 4.48. The third-order valence-corrected chi connectivity index (χ3v) is 3.48. The molecule has 0 amide bonds. The lowest BCUT2D eigenvalue weighted by atomic mass is 10.0. The van der Waals surface area contributed by atoms with Crippen LogP contribution in [0.5, 0.6) is 0 Å². The number of nitrogens with zero attached hydrogens (tertiary/aromatic N) is 1. The molecule has 1 aromatic heterocycles. The summed E-state index contributed by atoms with van der Waals surface area (Å²) in [7, 11) is 0. The number of aryl methyl sites for hydroxylation is 1. The van der Waals surface area contributed by atoms with Crippen molar-refractivity contribution in [1.82, 2.24) is 4.98 Å². The lowest BCUT2D eigenvalue weighted by Crippen LogP contribution is -2.05. The van der Waals surface area contributed by atoms with Gasteiger partial charge in [0.05, 0.1) is 0 Å². The highest BCUT2D eigenvalue weighted by Gasteiger charge is 2.11. The summed E-state index contributed by atoms with van der Waals surface area (Å²) < 4.78 is 0. The highest BCUT2D eigenvalue weighted by molar-refractivity contribution is 7.98. The average Bonchev–Trinajstić information content (AvgIpc) is 2.17. The second kappa shape index (κ2) is 4.80. The molecule has 2 N–H and O–H groups in total. The quantitative estimate of drug-likeness (QED) is 0.714. The Bertz CT molecular complexity index is 312. The molecule has 0 atom stereocenters. The van der Waals surface area contributed by atoms with Crippen molar-refractivity contribution < 1.29 is 5.48 Å². The molecule has 78 valence electrons. The Morgan fingerprint density at radius 2 is 2.14 bits per heavy atom. The van der Waals surface area contributed by atoms with E-state index in [9.17, 15) is 0 Å². The maximum Gasteiger partial charge on any atom is 0.0431 e. The Morgan fingerprint density at radius 1 is 1.36 bits per heavy atom. The van der Waals surface area contributed by atoms with E-state index in [-0.39, 0.29) is 5.48 Å². The van der Waals surface area contributed by atoms with E-state index in [0.717, 1.165) is 5.75 Å². The fourth-order valence-electron chi connectivity index (χ4n) is 1.59. The van der Waals surface area contributed by atoms with Gasteiger partial charge < -0.3 is 5.48 Å². The molecule has 2 rings (SSSR count). The SMILES string of the molecule is CC(C)c1cc2c(cn1)CSCC2.O. The van der Waals surface area contributed by atoms with Crippen LogP contribution in [-0.4, -0.2) is 16.2 Å². The summed E-state index contributed by atoms with van der Waals surface area (Å²) in [6, 6.07) is 2.29. The van der Waals surface area contributed by atoms with Crippen molar-refractivity contribution in [1.29, 1.82) is 0 Å². The Labute approximate surface area is 89.4 Å². The zero-order chi connectivity index (χ0) is 9.26. The van der Waals surface area contributed by atoms with E-state index in [4.69, 9.17) is 0 Å². The Hall–Kier alpha value is -0.540. The molecule has 14 heavy (non-hydrogen) atoms. The molecule has 0 spiro atoms. The van der Waals surface area contributed by atoms with E-state index in [1.165, 1.54) is 29.0 Å². The third-order valence-electron chi connectivity index (χ3n) is 2.47. The summed E-state index contributed by atoms with van der Waals surface area (Å²) >= 11 is 2.01. The molecule has 3 heteroatoms. The lowest BCUT2D eigenvalue weighted by Gasteiger charge is -2.16. The van der Waals surface area contributed by atoms with Crippen molar-refractivity contribution in [2.75, 3.05) is 5.75 Å². The predicted molar refractivity (Wildman–Crippen MR) is 61.8 cm³/mol. The van der Waals surface area contributed by atoms with Gasteiger partial charge in [-0.3, -0.25) is 4.98 Å². The van der Waals surface area contributed by atoms with Crippen LogP contribution in [0.3, 0.4) is 0 Å². The molecule has 1 aromatic rings. The van der Waals surface area contributed by atoms with E-state index in [1.807, 2.05) is 11.8 Å². The van der Waals surface area contributed by atoms with Crippen LogP contribution in [0.25, 0.3) is 0 Å². The highest BCUT2D eigenvalue weighted by atomic mass is 32.2. The molecule has 2 nitrogen and oxygen atoms in total. The van der Waals surface area contributed by atoms with E-state index in [1.54, 1.807) is 0 Å². The van der Waals surface area contributed by atoms with Gasteiger partial charge in [-0.2, -0.15) is 11.8 Å². The minimum Gasteiger partial charge on any atom is -0.412 e. The van der Waals surface area contributed by atoms with Gasteiger partial charge in [0, 0.05) is 17.6 Å². The van der Waals surface area contributed by atoms with Crippen molar-refractivity contribution in [3.8, 4) is 0 Å². The molecule has 1 aliphatic rings. The Morgan fingerprint density at radius 3 is 2.86 bits per heavy atom. The van der Waals surface area contributed by atoms with Crippen LogP contribution in [-0.2, 0) is 12.2 Å². The van der Waals surface area contributed by atoms with E-state index in [2.05, 4.69) is 31.1 Å². The van der Waals surface area contributed by atoms with Crippen LogP contribution < -0.4 is 0 Å². The molecule has 0 aromatic carbocycles. The largest absolute Gasteiger partial charge is 0.412 e. The van der Waals surface area contributed by atoms with Crippen LogP contribution in [0.1, 0.15) is 36.6 Å². The molecule has 2 heterocycles. The number of thioether (sulfide) groups is 1. The van der Waals surface area contributed by atoms with Crippen LogP contribution >= 0.6 is 11.8 Å². The number of hydrogen-bond donors (Lipinski definition) is 0. The third kappa shape index (κ3) is 2.28. The summed E-state index contributed by atoms with van der Waals surface area (Å²) in [6.07, 6.45) is 3.29. The van der Waals surface area contributed by atoms with Gasteiger partial charge in [0.2, 0.25) is 0 Å². The number of hydrogen-bond acceptors (Lipinski definition) is 2. The van der Waals surface area contributed by atoms with Crippen LogP contribution in [0.4, 0.5) is 0 Å². The standard InChI is InChI=1S/C11H15NS.H2O/c1-8(2)11-5-9-3-4-13-7-10(9)6-12-11;/h5-6,8H,3-4,7H2,1-2H3;1H2. The normalized spacial score (nSPS) is 14.8. The monoisotopic (exact) mass is 211 g/mol. The molecular formula is C11H17NOS. The van der Waals surface area contributed by atoms with Crippen molar-refractivity contribution >= 4 is 11.8 Å². The fourth-order valence-corrected chi connectivity index (χ4v) is 2.57. The zero-order valence-electron chi connectivity index (χ0n) is 8.71. The number of pyridine rings is 1. The first kappa shape index (κ1) is 11.5. The molecule has 0 saturated heterocycles. The summed E-state index contributed by atoms with van der Waals surface area (Å²) in [5.74, 6) is 2.98. The number of rotatable bonds is 1. The minimum absolute atomic E-state index is 0. The lowest BCUT2D eigenvalue weighted by molar-refractivity contribution is 0.813. The van der Waals surface area contributed by atoms with E-state index in [0.29, 0.717) is 5.92 Å². The van der Waals surface area contributed by atoms with Gasteiger partial charge in [-0.05, 0) is 35.3 Å². The van der Waals surface area contributed by atoms with Crippen molar-refractivity contribution in [2.24, 2.45) is 0 Å². The van der Waals surface area contributed by atoms with Crippen LogP contribution in [0.15, 0.2) is 12.3 Å². The van der Waals surface area contributed by atoms with Gasteiger partial charge in [0.25, 0.3) is 0 Å². The van der Waals surface area contributed by atoms with Crippen LogP contribution in [0, 0.1) is 0 Å². The summed E-state index contributed by atoms with van der Waals surface area (Å²) in [6.45, 7) is 4.40. The molecule has 0 radical (unpaired) electrons. The van der Waals surface area contributed by atoms with Crippen molar-refractivity contribution in [3.05, 3.63) is 29.1 Å².